The summed E-state index contributed by atoms with van der Waals surface area (Å²) in [5.74, 6) is 7.51. The molecule has 0 aliphatic rings. The van der Waals surface area contributed by atoms with Crippen LogP contribution in [0.2, 0.25) is 0 Å². The fourth-order valence-corrected chi connectivity index (χ4v) is 6.81. The molecule has 0 saturated heterocycles. The molecule has 0 heterocycles. The van der Waals surface area contributed by atoms with E-state index in [4.69, 9.17) is 0 Å². The van der Waals surface area contributed by atoms with Gasteiger partial charge in [-0.2, -0.15) is 0 Å². The van der Waals surface area contributed by atoms with Crippen LogP contribution in [0.5, 0.6) is 0 Å². The van der Waals surface area contributed by atoms with Crippen LogP contribution in [-0.2, 0) is 0 Å². The van der Waals surface area contributed by atoms with Crippen molar-refractivity contribution in [1.29, 1.82) is 0 Å². The molecule has 0 saturated carbocycles. The molecule has 0 atom stereocenters. The van der Waals surface area contributed by atoms with Crippen molar-refractivity contribution in [3.8, 4) is 0 Å². The van der Waals surface area contributed by atoms with E-state index in [1.54, 1.807) is 0 Å². The number of benzene rings is 4. The second-order valence-electron chi connectivity index (χ2n) is 21.6. The quantitative estimate of drug-likeness (QED) is 0.124. The Hall–Kier alpha value is -1.52. The van der Waals surface area contributed by atoms with Crippen molar-refractivity contribution in [2.75, 3.05) is 0 Å². The largest absolute Gasteiger partial charge is 0.0587 e. The van der Waals surface area contributed by atoms with Gasteiger partial charge in [0.1, 0.15) is 0 Å². The van der Waals surface area contributed by atoms with E-state index in [2.05, 4.69) is 239 Å². The Balaban J connectivity index is 0. The molecule has 344 valence electrons. The van der Waals surface area contributed by atoms with Crippen LogP contribution in [0.15, 0.2) is 72.8 Å². The van der Waals surface area contributed by atoms with Crippen LogP contribution in [0.25, 0.3) is 0 Å². The van der Waals surface area contributed by atoms with E-state index in [0.717, 1.165) is 0 Å². The molecule has 2 heteroatoms. The summed E-state index contributed by atoms with van der Waals surface area (Å²) in [7, 11) is 0. The van der Waals surface area contributed by atoms with Crippen molar-refractivity contribution in [3.05, 3.63) is 140 Å². The Bertz CT molecular complexity index is 1300. The van der Waals surface area contributed by atoms with Crippen LogP contribution in [0.4, 0.5) is 0 Å². The normalized spacial score (nSPS) is 11.4. The summed E-state index contributed by atoms with van der Waals surface area (Å²) in [5.41, 5.74) is 17.7. The molecule has 0 unspecified atom stereocenters. The molecule has 0 aliphatic carbocycles. The summed E-state index contributed by atoms with van der Waals surface area (Å²) >= 11 is 0. The number of hydrogen-bond acceptors (Lipinski definition) is 0. The second-order valence-corrected chi connectivity index (χ2v) is 21.6. The Morgan fingerprint density at radius 1 is 0.145 bits per heavy atom. The van der Waals surface area contributed by atoms with E-state index in [0.29, 0.717) is 71.0 Å². The molecule has 0 nitrogen and oxygen atoms in total. The summed E-state index contributed by atoms with van der Waals surface area (Å²) in [6.07, 6.45) is 0. The van der Waals surface area contributed by atoms with Gasteiger partial charge < -0.3 is 0 Å². The second kappa shape index (κ2) is 29.9. The van der Waals surface area contributed by atoms with Crippen molar-refractivity contribution in [3.63, 3.8) is 0 Å². The molecule has 0 aliphatic heterocycles. The molecule has 8 radical (unpaired) electrons. The smallest absolute Gasteiger partial charge is 0 e. The predicted molar refractivity (Wildman–Crippen MR) is 286 cm³/mol. The Kier molecular flexibility index (Phi) is 30.2. The zero-order chi connectivity index (χ0) is 46.3. The maximum Gasteiger partial charge on any atom is 0 e. The van der Waals surface area contributed by atoms with Crippen molar-refractivity contribution < 1.29 is 0 Å². The maximum absolute atomic E-state index is 2.36. The molecule has 0 spiro atoms. The van der Waals surface area contributed by atoms with Crippen LogP contribution in [-0.4, -0.2) is 47.8 Å². The summed E-state index contributed by atoms with van der Waals surface area (Å²) < 4.78 is 0. The van der Waals surface area contributed by atoms with E-state index in [9.17, 15) is 0 Å². The van der Waals surface area contributed by atoms with Crippen LogP contribution < -0.4 is 0 Å². The van der Waals surface area contributed by atoms with Gasteiger partial charge in [-0.25, -0.2) is 0 Å². The fourth-order valence-electron chi connectivity index (χ4n) is 6.81. The minimum Gasteiger partial charge on any atom is -0.0587 e. The summed E-state index contributed by atoms with van der Waals surface area (Å²) in [4.78, 5) is 0. The average Bonchev–Trinajstić information content (AvgIpc) is 3.17. The summed E-state index contributed by atoms with van der Waals surface area (Å²) in [6.45, 7) is 54.4. The van der Waals surface area contributed by atoms with Crippen molar-refractivity contribution in [2.24, 2.45) is 0 Å². The minimum absolute atomic E-state index is 0. The van der Waals surface area contributed by atoms with Gasteiger partial charge in [0.05, 0.1) is 0 Å². The Morgan fingerprint density at radius 2 is 0.194 bits per heavy atom. The fraction of sp³-hybridized carbons (Fsp3) is 0.600. The van der Waals surface area contributed by atoms with Gasteiger partial charge in [-0.15, -0.1) is 0 Å². The van der Waals surface area contributed by atoms with E-state index >= 15 is 0 Å². The first-order chi connectivity index (χ1) is 27.7. The van der Waals surface area contributed by atoms with Gasteiger partial charge >= 0.3 is 0 Å². The predicted octanol–water partition coefficient (Wildman–Crippen LogP) is 19.5. The van der Waals surface area contributed by atoms with Gasteiger partial charge in [0, 0.05) is 47.8 Å². The first kappa shape index (κ1) is 62.6. The first-order valence-corrected chi connectivity index (χ1v) is 24.2. The number of hydrogen-bond donors (Lipinski definition) is 0. The monoisotopic (exact) mass is 1060 g/mol. The Morgan fingerprint density at radius 3 is 0.226 bits per heavy atom. The van der Waals surface area contributed by atoms with E-state index < -0.39 is 0 Å². The average molecular weight is 1050 g/mol. The molecule has 62 heavy (non-hydrogen) atoms. The number of rotatable bonds is 12. The summed E-state index contributed by atoms with van der Waals surface area (Å²) in [6, 6.07) is 28.3. The zero-order valence-electron chi connectivity index (χ0n) is 44.9. The first-order valence-electron chi connectivity index (χ1n) is 24.2. The molecule has 0 amide bonds. The topological polar surface area (TPSA) is 0 Å². The molecule has 4 aromatic rings. The third-order valence-corrected chi connectivity index (χ3v) is 12.0. The molecule has 0 aromatic heterocycles. The molecular weight excluding hydrogens is 958 g/mol. The minimum atomic E-state index is 0. The van der Waals surface area contributed by atoms with Crippen molar-refractivity contribution in [2.45, 2.75) is 237 Å². The van der Waals surface area contributed by atoms with Gasteiger partial charge in [0.2, 0.25) is 0 Å². The SMILES string of the molecule is CC(C)c1cc(C(C)C)cc(C(C)C)c1.CC(C)c1cc(C(C)C)cc(C(C)C)c1.CC(C)c1cc(C(C)C)cc(C(C)C)c1.CC(C)c1cc(C(C)C)cc(C(C)C)c1.[Sn].[Sn]. The third kappa shape index (κ3) is 21.6. The van der Waals surface area contributed by atoms with Gasteiger partial charge in [-0.1, -0.05) is 239 Å². The molecular formula is C60H96Sn2. The molecule has 0 bridgehead atoms. The van der Waals surface area contributed by atoms with E-state index in [-0.39, 0.29) is 47.8 Å². The Labute approximate surface area is 421 Å². The van der Waals surface area contributed by atoms with Gasteiger partial charge in [-0.05, 0) is 138 Å². The van der Waals surface area contributed by atoms with Crippen LogP contribution in [0.3, 0.4) is 0 Å². The molecule has 0 fully saturated rings. The van der Waals surface area contributed by atoms with E-state index in [1.807, 2.05) is 0 Å². The standard InChI is InChI=1S/4C15H24.2Sn/c4*1-10(2)13-7-14(11(3)4)9-15(8-13)12(5)6;;/h4*7-12H,1-6H3;;. The maximum atomic E-state index is 2.36. The van der Waals surface area contributed by atoms with Gasteiger partial charge in [0.25, 0.3) is 0 Å². The summed E-state index contributed by atoms with van der Waals surface area (Å²) in [5, 5.41) is 0. The van der Waals surface area contributed by atoms with Gasteiger partial charge in [0.15, 0.2) is 0 Å². The molecule has 4 aromatic carbocycles. The van der Waals surface area contributed by atoms with Crippen LogP contribution >= 0.6 is 0 Å². The van der Waals surface area contributed by atoms with Crippen molar-refractivity contribution >= 4 is 47.8 Å². The van der Waals surface area contributed by atoms with Gasteiger partial charge in [-0.3, -0.25) is 0 Å². The van der Waals surface area contributed by atoms with E-state index in [1.165, 1.54) is 66.8 Å². The third-order valence-electron chi connectivity index (χ3n) is 12.0. The van der Waals surface area contributed by atoms with Crippen molar-refractivity contribution in [1.82, 2.24) is 0 Å². The molecule has 4 rings (SSSR count). The van der Waals surface area contributed by atoms with Crippen LogP contribution in [0, 0.1) is 0 Å². The zero-order valence-corrected chi connectivity index (χ0v) is 50.6. The van der Waals surface area contributed by atoms with Crippen LogP contribution in [0.1, 0.15) is 304 Å². The molecule has 0 N–H and O–H groups in total.